The first kappa shape index (κ1) is 15.7. The van der Waals surface area contributed by atoms with Gasteiger partial charge in [0.25, 0.3) is 0 Å². The Labute approximate surface area is 145 Å². The average molecular weight is 321 g/mol. The first-order valence-corrected chi connectivity index (χ1v) is 9.13. The molecule has 1 spiro atoms. The number of rotatable bonds is 2. The number of methoxy groups -OCH3 is 1. The first-order valence-electron chi connectivity index (χ1n) is 9.13. The van der Waals surface area contributed by atoms with E-state index in [9.17, 15) is 0 Å². The Bertz CT molecular complexity index is 769. The summed E-state index contributed by atoms with van der Waals surface area (Å²) in [5.41, 5.74) is 3.52. The molecule has 126 valence electrons. The predicted molar refractivity (Wildman–Crippen MR) is 101 cm³/mol. The van der Waals surface area contributed by atoms with E-state index in [-0.39, 0.29) is 0 Å². The molecular formula is C22H27NO. The lowest BCUT2D eigenvalue weighted by molar-refractivity contribution is 0.113. The summed E-state index contributed by atoms with van der Waals surface area (Å²) >= 11 is 0. The van der Waals surface area contributed by atoms with Crippen LogP contribution in [-0.2, 0) is 0 Å². The van der Waals surface area contributed by atoms with E-state index in [1.54, 1.807) is 7.11 Å². The van der Waals surface area contributed by atoms with Gasteiger partial charge in [-0.15, -0.1) is 0 Å². The third kappa shape index (κ3) is 2.95. The number of nitrogens with zero attached hydrogens (tertiary/aromatic N) is 1. The van der Waals surface area contributed by atoms with Gasteiger partial charge in [-0.25, -0.2) is 0 Å². The maximum Gasteiger partial charge on any atom is 0.119 e. The lowest BCUT2D eigenvalue weighted by Gasteiger charge is -2.42. The van der Waals surface area contributed by atoms with Crippen molar-refractivity contribution in [1.29, 1.82) is 0 Å². The molecule has 4 rings (SSSR count). The second-order valence-corrected chi connectivity index (χ2v) is 7.66. The fourth-order valence-electron chi connectivity index (χ4n) is 4.30. The minimum absolute atomic E-state index is 0.584. The number of hydrogen-bond acceptors (Lipinski definition) is 2. The summed E-state index contributed by atoms with van der Waals surface area (Å²) in [7, 11) is 3.97. The molecule has 0 N–H and O–H groups in total. The van der Waals surface area contributed by atoms with E-state index >= 15 is 0 Å². The summed E-state index contributed by atoms with van der Waals surface area (Å²) in [6.45, 7) is 2.53. The van der Waals surface area contributed by atoms with E-state index < -0.39 is 0 Å². The molecule has 2 aromatic rings. The molecule has 0 saturated carbocycles. The van der Waals surface area contributed by atoms with Crippen molar-refractivity contribution in [2.75, 3.05) is 27.2 Å². The van der Waals surface area contributed by atoms with Crippen LogP contribution < -0.4 is 4.74 Å². The maximum absolute atomic E-state index is 5.33. The fraction of sp³-hybridized carbons (Fsp3) is 0.455. The first-order chi connectivity index (χ1) is 11.7. The Morgan fingerprint density at radius 2 is 1.71 bits per heavy atom. The molecular weight excluding hydrogens is 294 g/mol. The zero-order chi connectivity index (χ0) is 16.6. The molecule has 0 radical (unpaired) electrons. The highest BCUT2D eigenvalue weighted by molar-refractivity contribution is 5.87. The van der Waals surface area contributed by atoms with Gasteiger partial charge < -0.3 is 9.64 Å². The summed E-state index contributed by atoms with van der Waals surface area (Å²) in [6, 6.07) is 13.2. The van der Waals surface area contributed by atoms with Gasteiger partial charge in [0.15, 0.2) is 0 Å². The largest absolute Gasteiger partial charge is 0.497 e. The standard InChI is InChI=1S/C22H27NO/c1-23-13-11-22(12-14-23)9-7-17(8-10-22)18-3-4-20-16-21(24-2)6-5-19(20)15-18/h3-7,15-16H,8-14H2,1-2H3. The van der Waals surface area contributed by atoms with Crippen LogP contribution in [0.1, 0.15) is 37.7 Å². The molecule has 0 aromatic heterocycles. The smallest absolute Gasteiger partial charge is 0.119 e. The molecule has 2 aliphatic rings. The molecule has 0 unspecified atom stereocenters. The molecule has 0 atom stereocenters. The summed E-state index contributed by atoms with van der Waals surface area (Å²) in [4.78, 5) is 2.47. The van der Waals surface area contributed by atoms with Gasteiger partial charge >= 0.3 is 0 Å². The Balaban J connectivity index is 1.56. The van der Waals surface area contributed by atoms with Crippen LogP contribution >= 0.6 is 0 Å². The van der Waals surface area contributed by atoms with Crippen LogP contribution in [0.3, 0.4) is 0 Å². The van der Waals surface area contributed by atoms with Gasteiger partial charge in [0.05, 0.1) is 7.11 Å². The van der Waals surface area contributed by atoms with Crippen molar-refractivity contribution in [2.24, 2.45) is 5.41 Å². The average Bonchev–Trinajstić information content (AvgIpc) is 2.64. The molecule has 1 fully saturated rings. The monoisotopic (exact) mass is 321 g/mol. The zero-order valence-electron chi connectivity index (χ0n) is 14.8. The van der Waals surface area contributed by atoms with Crippen LogP contribution in [0.15, 0.2) is 42.5 Å². The topological polar surface area (TPSA) is 12.5 Å². The number of piperidine rings is 1. The fourth-order valence-corrected chi connectivity index (χ4v) is 4.30. The summed E-state index contributed by atoms with van der Waals surface area (Å²) in [6.07, 6.45) is 9.10. The number of fused-ring (bicyclic) bond motifs is 1. The van der Waals surface area contributed by atoms with Crippen molar-refractivity contribution in [3.63, 3.8) is 0 Å². The zero-order valence-corrected chi connectivity index (χ0v) is 14.8. The quantitative estimate of drug-likeness (QED) is 0.760. The minimum Gasteiger partial charge on any atom is -0.497 e. The summed E-state index contributed by atoms with van der Waals surface area (Å²) in [5, 5.41) is 2.55. The lowest BCUT2D eigenvalue weighted by Crippen LogP contribution is -2.38. The van der Waals surface area contributed by atoms with Crippen LogP contribution in [0, 0.1) is 5.41 Å². The molecule has 2 aromatic carbocycles. The van der Waals surface area contributed by atoms with Crippen molar-refractivity contribution in [3.8, 4) is 5.75 Å². The summed E-state index contributed by atoms with van der Waals surface area (Å²) < 4.78 is 5.33. The molecule has 2 nitrogen and oxygen atoms in total. The molecule has 1 aliphatic carbocycles. The third-order valence-corrected chi connectivity index (χ3v) is 6.17. The number of allylic oxidation sites excluding steroid dienone is 2. The third-order valence-electron chi connectivity index (χ3n) is 6.17. The molecule has 2 heteroatoms. The SMILES string of the molecule is COc1ccc2cc(C3=CCC4(CC3)CCN(C)CC4)ccc2c1. The normalized spacial score (nSPS) is 21.0. The van der Waals surface area contributed by atoms with Gasteiger partial charge in [-0.1, -0.05) is 24.3 Å². The Morgan fingerprint density at radius 3 is 2.42 bits per heavy atom. The van der Waals surface area contributed by atoms with Gasteiger partial charge in [-0.05, 0) is 97.8 Å². The van der Waals surface area contributed by atoms with Crippen molar-refractivity contribution >= 4 is 16.3 Å². The lowest BCUT2D eigenvalue weighted by atomic mass is 9.68. The number of likely N-dealkylation sites (tertiary alicyclic amines) is 1. The Kier molecular flexibility index (Phi) is 4.09. The highest BCUT2D eigenvalue weighted by Crippen LogP contribution is 2.45. The summed E-state index contributed by atoms with van der Waals surface area (Å²) in [5.74, 6) is 0.927. The van der Waals surface area contributed by atoms with E-state index in [0.717, 1.165) is 5.75 Å². The van der Waals surface area contributed by atoms with Crippen LogP contribution in [0.4, 0.5) is 0 Å². The van der Waals surface area contributed by atoms with E-state index in [0.29, 0.717) is 5.41 Å². The number of benzene rings is 2. The van der Waals surface area contributed by atoms with E-state index in [4.69, 9.17) is 4.74 Å². The molecule has 24 heavy (non-hydrogen) atoms. The van der Waals surface area contributed by atoms with Crippen LogP contribution in [0.5, 0.6) is 5.75 Å². The number of hydrogen-bond donors (Lipinski definition) is 0. The predicted octanol–water partition coefficient (Wildman–Crippen LogP) is 5.13. The van der Waals surface area contributed by atoms with Crippen LogP contribution in [-0.4, -0.2) is 32.1 Å². The Morgan fingerprint density at radius 1 is 0.958 bits per heavy atom. The van der Waals surface area contributed by atoms with Gasteiger partial charge in [0.2, 0.25) is 0 Å². The van der Waals surface area contributed by atoms with Gasteiger partial charge in [0, 0.05) is 0 Å². The van der Waals surface area contributed by atoms with Crippen molar-refractivity contribution in [3.05, 3.63) is 48.0 Å². The maximum atomic E-state index is 5.33. The second-order valence-electron chi connectivity index (χ2n) is 7.66. The molecule has 0 bridgehead atoms. The number of ether oxygens (including phenoxy) is 1. The highest BCUT2D eigenvalue weighted by Gasteiger charge is 2.34. The van der Waals surface area contributed by atoms with Crippen molar-refractivity contribution < 1.29 is 4.74 Å². The van der Waals surface area contributed by atoms with Gasteiger partial charge in [0.1, 0.15) is 5.75 Å². The van der Waals surface area contributed by atoms with Crippen molar-refractivity contribution in [1.82, 2.24) is 4.90 Å². The molecule has 1 aliphatic heterocycles. The van der Waals surface area contributed by atoms with Gasteiger partial charge in [-0.2, -0.15) is 0 Å². The van der Waals surface area contributed by atoms with Gasteiger partial charge in [-0.3, -0.25) is 0 Å². The Hall–Kier alpha value is -1.80. The molecule has 1 saturated heterocycles. The molecule has 0 amide bonds. The van der Waals surface area contributed by atoms with E-state index in [1.807, 2.05) is 0 Å². The minimum atomic E-state index is 0.584. The van der Waals surface area contributed by atoms with E-state index in [1.165, 1.54) is 67.1 Å². The van der Waals surface area contributed by atoms with Crippen LogP contribution in [0.25, 0.3) is 16.3 Å². The van der Waals surface area contributed by atoms with E-state index in [2.05, 4.69) is 54.4 Å². The van der Waals surface area contributed by atoms with Crippen LogP contribution in [0.2, 0.25) is 0 Å². The second kappa shape index (κ2) is 6.25. The highest BCUT2D eigenvalue weighted by atomic mass is 16.5. The molecule has 1 heterocycles. The van der Waals surface area contributed by atoms with Crippen molar-refractivity contribution in [2.45, 2.75) is 32.1 Å².